The molecule has 0 bridgehead atoms. The monoisotopic (exact) mass is 486 g/mol. The molecule has 0 saturated heterocycles. The Labute approximate surface area is 202 Å². The average molecular weight is 487 g/mol. The lowest BCUT2D eigenvalue weighted by molar-refractivity contribution is -0.111. The van der Waals surface area contributed by atoms with Crippen LogP contribution in [0.1, 0.15) is 11.1 Å². The van der Waals surface area contributed by atoms with Crippen LogP contribution in [-0.2, 0) is 4.79 Å². The largest absolute Gasteiger partial charge is 0.495 e. The fraction of sp³-hybridized carbons (Fsp3) is 0.125. The second kappa shape index (κ2) is 12.5. The van der Waals surface area contributed by atoms with E-state index >= 15 is 0 Å². The lowest BCUT2D eigenvalue weighted by Crippen LogP contribution is -2.07. The number of para-hydroxylation sites is 1. The first-order valence-electron chi connectivity index (χ1n) is 9.64. The van der Waals surface area contributed by atoms with E-state index in [2.05, 4.69) is 21.9 Å². The van der Waals surface area contributed by atoms with Crippen molar-refractivity contribution in [1.82, 2.24) is 0 Å². The third-order valence-corrected chi connectivity index (χ3v) is 5.16. The van der Waals surface area contributed by atoms with Crippen molar-refractivity contribution < 1.29 is 14.3 Å². The molecule has 0 heterocycles. The quantitative estimate of drug-likeness (QED) is 0.204. The highest BCUT2D eigenvalue weighted by Crippen LogP contribution is 2.41. The van der Waals surface area contributed by atoms with Gasteiger partial charge < -0.3 is 20.5 Å². The van der Waals surface area contributed by atoms with Gasteiger partial charge in [0, 0.05) is 29.6 Å². The smallest absolute Gasteiger partial charge is 0.247 e. The highest BCUT2D eigenvalue weighted by Gasteiger charge is 2.15. The summed E-state index contributed by atoms with van der Waals surface area (Å²) in [6, 6.07) is 7.06. The van der Waals surface area contributed by atoms with Crippen molar-refractivity contribution in [3.8, 4) is 11.5 Å². The first kappa shape index (κ1) is 25.7. The number of aryl methyl sites for hydroxylation is 1. The summed E-state index contributed by atoms with van der Waals surface area (Å²) in [7, 11) is 3.00. The zero-order valence-electron chi connectivity index (χ0n) is 18.4. The van der Waals surface area contributed by atoms with Crippen LogP contribution in [0, 0.1) is 6.92 Å². The Bertz CT molecular complexity index is 1130. The number of nitrogens with two attached hydrogens (primary N) is 1. The maximum atomic E-state index is 11.8. The van der Waals surface area contributed by atoms with Crippen LogP contribution in [0.25, 0.3) is 6.08 Å². The molecule has 0 saturated carbocycles. The molecule has 2 aromatic carbocycles. The van der Waals surface area contributed by atoms with Crippen LogP contribution in [0.2, 0.25) is 10.0 Å². The summed E-state index contributed by atoms with van der Waals surface area (Å²) in [5, 5.41) is 3.40. The highest BCUT2D eigenvalue weighted by atomic mass is 35.5. The number of benzene rings is 2. The highest BCUT2D eigenvalue weighted by molar-refractivity contribution is 6.39. The number of amides is 1. The second-order valence-corrected chi connectivity index (χ2v) is 7.26. The molecule has 2 aromatic rings. The van der Waals surface area contributed by atoms with E-state index in [1.807, 2.05) is 19.1 Å². The van der Waals surface area contributed by atoms with Crippen molar-refractivity contribution in [1.29, 1.82) is 0 Å². The number of hydrogen-bond donors (Lipinski definition) is 2. The van der Waals surface area contributed by atoms with Gasteiger partial charge in [-0.25, -0.2) is 4.99 Å². The van der Waals surface area contributed by atoms with Crippen molar-refractivity contribution in [2.45, 2.75) is 6.92 Å². The number of nitrogens with zero attached hydrogens (tertiary/aromatic N) is 2. The van der Waals surface area contributed by atoms with Crippen LogP contribution in [0.15, 0.2) is 64.8 Å². The molecular formula is C24H24Cl2N4O3. The van der Waals surface area contributed by atoms with Gasteiger partial charge in [-0.3, -0.25) is 9.79 Å². The molecule has 2 rings (SSSR count). The van der Waals surface area contributed by atoms with Crippen molar-refractivity contribution in [3.05, 3.63) is 75.9 Å². The van der Waals surface area contributed by atoms with Gasteiger partial charge >= 0.3 is 0 Å². The predicted octanol–water partition coefficient (Wildman–Crippen LogP) is 5.73. The molecule has 0 fully saturated rings. The van der Waals surface area contributed by atoms with Gasteiger partial charge in [-0.2, -0.15) is 0 Å². The SMILES string of the molecule is C=CC(=O)Nc1cccc(C)c1N=CC(=C\N=CN)/C=C/c1c(Cl)c(OC)cc(OC)c1Cl. The van der Waals surface area contributed by atoms with Gasteiger partial charge in [0.05, 0.1) is 42.0 Å². The summed E-state index contributed by atoms with van der Waals surface area (Å²) in [5.74, 6) is 0.496. The van der Waals surface area contributed by atoms with Gasteiger partial charge in [0.15, 0.2) is 0 Å². The number of ether oxygens (including phenoxy) is 2. The molecule has 0 spiro atoms. The normalized spacial score (nSPS) is 12.0. The topological polar surface area (TPSA) is 98.3 Å². The van der Waals surface area contributed by atoms with Gasteiger partial charge in [0.25, 0.3) is 0 Å². The Morgan fingerprint density at radius 1 is 1.18 bits per heavy atom. The van der Waals surface area contributed by atoms with Gasteiger partial charge in [0.2, 0.25) is 5.91 Å². The van der Waals surface area contributed by atoms with E-state index in [0.717, 1.165) is 11.9 Å². The molecule has 7 nitrogen and oxygen atoms in total. The molecule has 0 aliphatic carbocycles. The molecule has 9 heteroatoms. The van der Waals surface area contributed by atoms with E-state index in [1.54, 1.807) is 30.5 Å². The number of allylic oxidation sites excluding steroid dienone is 2. The molecule has 33 heavy (non-hydrogen) atoms. The number of rotatable bonds is 9. The molecule has 172 valence electrons. The van der Waals surface area contributed by atoms with Crippen LogP contribution in [0.4, 0.5) is 11.4 Å². The number of methoxy groups -OCH3 is 2. The Balaban J connectivity index is 2.49. The van der Waals surface area contributed by atoms with E-state index in [-0.39, 0.29) is 5.91 Å². The number of halogens is 2. The predicted molar refractivity (Wildman–Crippen MR) is 138 cm³/mol. The van der Waals surface area contributed by atoms with Gasteiger partial charge in [-0.05, 0) is 24.6 Å². The molecule has 0 aromatic heterocycles. The fourth-order valence-electron chi connectivity index (χ4n) is 2.73. The zero-order chi connectivity index (χ0) is 24.4. The van der Waals surface area contributed by atoms with Crippen LogP contribution >= 0.6 is 23.2 Å². The number of aliphatic imine (C=N–C) groups is 2. The van der Waals surface area contributed by atoms with Crippen LogP contribution < -0.4 is 20.5 Å². The van der Waals surface area contributed by atoms with E-state index in [9.17, 15) is 4.79 Å². The van der Waals surface area contributed by atoms with Crippen LogP contribution in [0.3, 0.4) is 0 Å². The summed E-state index contributed by atoms with van der Waals surface area (Å²) < 4.78 is 10.6. The third kappa shape index (κ3) is 6.71. The Morgan fingerprint density at radius 2 is 1.85 bits per heavy atom. The van der Waals surface area contributed by atoms with E-state index < -0.39 is 0 Å². The molecular weight excluding hydrogens is 463 g/mol. The Morgan fingerprint density at radius 3 is 2.42 bits per heavy atom. The number of carbonyl (C=O) groups excluding carboxylic acids is 1. The van der Waals surface area contributed by atoms with Gasteiger partial charge in [-0.15, -0.1) is 0 Å². The van der Waals surface area contributed by atoms with Crippen molar-refractivity contribution in [3.63, 3.8) is 0 Å². The number of anilines is 1. The fourth-order valence-corrected chi connectivity index (χ4v) is 3.36. The van der Waals surface area contributed by atoms with Crippen molar-refractivity contribution in [2.75, 3.05) is 19.5 Å². The summed E-state index contributed by atoms with van der Waals surface area (Å²) in [4.78, 5) is 20.3. The summed E-state index contributed by atoms with van der Waals surface area (Å²) >= 11 is 12.9. The maximum absolute atomic E-state index is 11.8. The number of nitrogens with one attached hydrogen (secondary N) is 1. The lowest BCUT2D eigenvalue weighted by atomic mass is 10.1. The van der Waals surface area contributed by atoms with E-state index in [1.165, 1.54) is 26.5 Å². The molecule has 0 unspecified atom stereocenters. The minimum Gasteiger partial charge on any atom is -0.495 e. The first-order valence-corrected chi connectivity index (χ1v) is 10.4. The van der Waals surface area contributed by atoms with Crippen LogP contribution in [-0.4, -0.2) is 32.7 Å². The van der Waals surface area contributed by atoms with Crippen molar-refractivity contribution >= 4 is 59.1 Å². The Kier molecular flexibility index (Phi) is 9.72. The molecule has 3 N–H and O–H groups in total. The van der Waals surface area contributed by atoms with E-state index in [4.69, 9.17) is 38.4 Å². The summed E-state index contributed by atoms with van der Waals surface area (Å²) in [6.45, 7) is 5.36. The molecule has 1 amide bonds. The summed E-state index contributed by atoms with van der Waals surface area (Å²) in [5.41, 5.74) is 8.47. The number of carbonyl (C=O) groups is 1. The summed E-state index contributed by atoms with van der Waals surface area (Å²) in [6.07, 6.45) is 8.84. The second-order valence-electron chi connectivity index (χ2n) is 6.51. The molecule has 0 aliphatic rings. The minimum atomic E-state index is -0.336. The Hall–Kier alpha value is -3.55. The minimum absolute atomic E-state index is 0.325. The maximum Gasteiger partial charge on any atom is 0.247 e. The lowest BCUT2D eigenvalue weighted by Gasteiger charge is -2.12. The van der Waals surface area contributed by atoms with Crippen molar-refractivity contribution in [2.24, 2.45) is 15.7 Å². The van der Waals surface area contributed by atoms with Gasteiger partial charge in [0.1, 0.15) is 11.5 Å². The number of hydrogen-bond acceptors (Lipinski definition) is 5. The third-order valence-electron chi connectivity index (χ3n) is 4.38. The average Bonchev–Trinajstić information content (AvgIpc) is 2.81. The van der Waals surface area contributed by atoms with Crippen LogP contribution in [0.5, 0.6) is 11.5 Å². The van der Waals surface area contributed by atoms with E-state index in [0.29, 0.717) is 44.1 Å². The first-order chi connectivity index (χ1) is 15.9. The zero-order valence-corrected chi connectivity index (χ0v) is 19.9. The molecule has 0 aliphatic heterocycles. The van der Waals surface area contributed by atoms with Gasteiger partial charge in [-0.1, -0.05) is 54.1 Å². The molecule has 0 radical (unpaired) electrons. The standard InChI is InChI=1S/C24H24Cl2N4O3/c1-5-21(31)30-18-8-6-7-15(2)24(18)29-13-16(12-28-14-27)9-10-17-22(25)19(32-3)11-20(33-4)23(17)26/h5-14H,1H2,2-4H3,(H2,27,28)(H,30,31)/b10-9+,16-12-,29-13?. The molecule has 0 atom stereocenters.